The third-order valence-electron chi connectivity index (χ3n) is 5.24. The van der Waals surface area contributed by atoms with Crippen molar-refractivity contribution in [2.45, 2.75) is 33.0 Å². The molecule has 0 aliphatic carbocycles. The molecule has 4 rings (SSSR count). The van der Waals surface area contributed by atoms with Gasteiger partial charge in [0.15, 0.2) is 0 Å². The van der Waals surface area contributed by atoms with Gasteiger partial charge >= 0.3 is 0 Å². The van der Waals surface area contributed by atoms with E-state index in [0.29, 0.717) is 13.2 Å². The largest absolute Gasteiger partial charge is 0.372 e. The molecule has 0 atom stereocenters. The van der Waals surface area contributed by atoms with Gasteiger partial charge in [-0.2, -0.15) is 0 Å². The number of rotatable bonds is 7. The van der Waals surface area contributed by atoms with Crippen LogP contribution in [-0.2, 0) is 18.0 Å². The van der Waals surface area contributed by atoms with E-state index in [1.54, 1.807) is 36.7 Å². The van der Waals surface area contributed by atoms with Crippen LogP contribution in [0.3, 0.4) is 0 Å². The van der Waals surface area contributed by atoms with Gasteiger partial charge in [-0.3, -0.25) is 9.97 Å². The molecule has 2 aromatic carbocycles. The second-order valence-electron chi connectivity index (χ2n) is 7.94. The molecule has 0 aliphatic rings. The average Bonchev–Trinajstić information content (AvgIpc) is 2.80. The maximum atomic E-state index is 13.6. The van der Waals surface area contributed by atoms with Gasteiger partial charge < -0.3 is 4.74 Å². The maximum absolute atomic E-state index is 13.6. The Hall–Kier alpha value is -3.44. The van der Waals surface area contributed by atoms with Crippen LogP contribution in [-0.4, -0.2) is 9.97 Å². The molecule has 32 heavy (non-hydrogen) atoms. The number of hydrogen-bond acceptors (Lipinski definition) is 3. The lowest BCUT2D eigenvalue weighted by atomic mass is 9.93. The molecule has 2 heterocycles. The first-order chi connectivity index (χ1) is 15.5. The molecule has 0 fully saturated rings. The molecule has 0 saturated heterocycles. The molecule has 0 N–H and O–H groups in total. The van der Waals surface area contributed by atoms with Crippen molar-refractivity contribution < 1.29 is 13.5 Å². The van der Waals surface area contributed by atoms with E-state index < -0.39 is 0 Å². The Kier molecular flexibility index (Phi) is 6.66. The predicted octanol–water partition coefficient (Wildman–Crippen LogP) is 6.93. The number of halogens is 2. The lowest BCUT2D eigenvalue weighted by Gasteiger charge is -2.19. The number of benzene rings is 2. The summed E-state index contributed by atoms with van der Waals surface area (Å²) in [5.74, 6) is -0.455. The van der Waals surface area contributed by atoms with Gasteiger partial charge in [-0.15, -0.1) is 0 Å². The van der Waals surface area contributed by atoms with Gasteiger partial charge in [-0.05, 0) is 71.1 Å². The van der Waals surface area contributed by atoms with Crippen LogP contribution >= 0.6 is 0 Å². The smallest absolute Gasteiger partial charge is 0.123 e. The molecule has 0 amide bonds. The molecule has 3 nitrogen and oxygen atoms in total. The van der Waals surface area contributed by atoms with E-state index in [1.807, 2.05) is 18.2 Å². The molecular weight excluding hydrogens is 406 g/mol. The average molecular weight is 430 g/mol. The standard InChI is InChI=1S/C27H24F2N2O/c1-18(2)27-25(17-32-16-19-4-3-13-30-15-19)24(20-5-9-22(28)10-6-20)14-26(31-27)21-7-11-23(29)12-8-21/h3-15,18H,16-17H2,1-2H3. The molecule has 0 radical (unpaired) electrons. The maximum Gasteiger partial charge on any atom is 0.123 e. The summed E-state index contributed by atoms with van der Waals surface area (Å²) in [5.41, 5.74) is 6.20. The highest BCUT2D eigenvalue weighted by molar-refractivity contribution is 5.74. The van der Waals surface area contributed by atoms with E-state index in [2.05, 4.69) is 18.8 Å². The minimum atomic E-state index is -0.294. The van der Waals surface area contributed by atoms with Crippen molar-refractivity contribution in [2.75, 3.05) is 0 Å². The highest BCUT2D eigenvalue weighted by Gasteiger charge is 2.18. The van der Waals surface area contributed by atoms with Crippen molar-refractivity contribution in [3.05, 3.63) is 108 Å². The minimum Gasteiger partial charge on any atom is -0.372 e. The second-order valence-corrected chi connectivity index (χ2v) is 7.94. The van der Waals surface area contributed by atoms with Crippen molar-refractivity contribution in [1.29, 1.82) is 0 Å². The van der Waals surface area contributed by atoms with E-state index in [-0.39, 0.29) is 17.6 Å². The summed E-state index contributed by atoms with van der Waals surface area (Å²) in [6, 6.07) is 18.5. The van der Waals surface area contributed by atoms with E-state index in [1.165, 1.54) is 24.3 Å². The fourth-order valence-corrected chi connectivity index (χ4v) is 3.63. The lowest BCUT2D eigenvalue weighted by molar-refractivity contribution is 0.106. The summed E-state index contributed by atoms with van der Waals surface area (Å²) in [7, 11) is 0. The molecule has 2 aromatic heterocycles. The number of aromatic nitrogens is 2. The summed E-state index contributed by atoms with van der Waals surface area (Å²) in [6.07, 6.45) is 3.51. The first kappa shape index (κ1) is 21.8. The number of pyridine rings is 2. The van der Waals surface area contributed by atoms with Crippen molar-refractivity contribution in [3.8, 4) is 22.4 Å². The zero-order valence-electron chi connectivity index (χ0n) is 18.1. The van der Waals surface area contributed by atoms with Crippen LogP contribution in [0.2, 0.25) is 0 Å². The number of nitrogens with zero attached hydrogens (tertiary/aromatic N) is 2. The molecule has 0 bridgehead atoms. The van der Waals surface area contributed by atoms with Gasteiger partial charge in [0.05, 0.1) is 18.9 Å². The second kappa shape index (κ2) is 9.79. The van der Waals surface area contributed by atoms with Crippen LogP contribution in [0.1, 0.15) is 36.6 Å². The molecule has 5 heteroatoms. The van der Waals surface area contributed by atoms with Crippen LogP contribution < -0.4 is 0 Å². The zero-order valence-corrected chi connectivity index (χ0v) is 18.1. The molecule has 0 saturated carbocycles. The van der Waals surface area contributed by atoms with E-state index >= 15 is 0 Å². The van der Waals surface area contributed by atoms with Crippen LogP contribution in [0.25, 0.3) is 22.4 Å². The third kappa shape index (κ3) is 5.06. The Labute approximate surface area is 186 Å². The SMILES string of the molecule is CC(C)c1nc(-c2ccc(F)cc2)cc(-c2ccc(F)cc2)c1COCc1cccnc1. The van der Waals surface area contributed by atoms with Gasteiger partial charge in [0.2, 0.25) is 0 Å². The van der Waals surface area contributed by atoms with E-state index in [0.717, 1.165) is 39.2 Å². The lowest BCUT2D eigenvalue weighted by Crippen LogP contribution is -2.07. The number of hydrogen-bond donors (Lipinski definition) is 0. The molecular formula is C27H24F2N2O. The van der Waals surface area contributed by atoms with Crippen LogP contribution in [0.5, 0.6) is 0 Å². The number of ether oxygens (including phenoxy) is 1. The molecule has 0 unspecified atom stereocenters. The van der Waals surface area contributed by atoms with E-state index in [4.69, 9.17) is 9.72 Å². The quantitative estimate of drug-likeness (QED) is 0.319. The topological polar surface area (TPSA) is 35.0 Å². The van der Waals surface area contributed by atoms with Crippen molar-refractivity contribution in [2.24, 2.45) is 0 Å². The molecule has 0 spiro atoms. The summed E-state index contributed by atoms with van der Waals surface area (Å²) >= 11 is 0. The zero-order chi connectivity index (χ0) is 22.5. The van der Waals surface area contributed by atoms with Gasteiger partial charge in [-0.1, -0.05) is 32.0 Å². The van der Waals surface area contributed by atoms with Crippen molar-refractivity contribution in [3.63, 3.8) is 0 Å². The Morgan fingerprint density at radius 1 is 0.844 bits per heavy atom. The molecule has 0 aliphatic heterocycles. The Bertz CT molecular complexity index is 1170. The van der Waals surface area contributed by atoms with Crippen LogP contribution in [0, 0.1) is 11.6 Å². The van der Waals surface area contributed by atoms with Gasteiger partial charge in [0, 0.05) is 29.2 Å². The first-order valence-electron chi connectivity index (χ1n) is 10.5. The summed E-state index contributed by atoms with van der Waals surface area (Å²) in [6.45, 7) is 4.94. The first-order valence-corrected chi connectivity index (χ1v) is 10.5. The van der Waals surface area contributed by atoms with Crippen molar-refractivity contribution in [1.82, 2.24) is 9.97 Å². The predicted molar refractivity (Wildman–Crippen MR) is 122 cm³/mol. The Balaban J connectivity index is 1.78. The van der Waals surface area contributed by atoms with Crippen LogP contribution in [0.4, 0.5) is 8.78 Å². The highest BCUT2D eigenvalue weighted by Crippen LogP contribution is 2.34. The fourth-order valence-electron chi connectivity index (χ4n) is 3.63. The third-order valence-corrected chi connectivity index (χ3v) is 5.24. The Morgan fingerprint density at radius 2 is 1.50 bits per heavy atom. The van der Waals surface area contributed by atoms with E-state index in [9.17, 15) is 8.78 Å². The Morgan fingerprint density at radius 3 is 2.09 bits per heavy atom. The molecule has 4 aromatic rings. The van der Waals surface area contributed by atoms with Crippen molar-refractivity contribution >= 4 is 0 Å². The molecule has 162 valence electrons. The summed E-state index contributed by atoms with van der Waals surface area (Å²) in [4.78, 5) is 9.04. The van der Waals surface area contributed by atoms with Gasteiger partial charge in [0.1, 0.15) is 11.6 Å². The van der Waals surface area contributed by atoms with Crippen LogP contribution in [0.15, 0.2) is 79.1 Å². The fraction of sp³-hybridized carbons (Fsp3) is 0.185. The minimum absolute atomic E-state index is 0.131. The summed E-state index contributed by atoms with van der Waals surface area (Å²) < 4.78 is 33.1. The van der Waals surface area contributed by atoms with Gasteiger partial charge in [-0.25, -0.2) is 8.78 Å². The highest BCUT2D eigenvalue weighted by atomic mass is 19.1. The van der Waals surface area contributed by atoms with Gasteiger partial charge in [0.25, 0.3) is 0 Å². The normalized spacial score (nSPS) is 11.2. The monoisotopic (exact) mass is 430 g/mol. The summed E-state index contributed by atoms with van der Waals surface area (Å²) in [5, 5.41) is 0.